The highest BCUT2D eigenvalue weighted by atomic mass is 16.5. The molecule has 1 aromatic carbocycles. The summed E-state index contributed by atoms with van der Waals surface area (Å²) in [7, 11) is 3.64. The van der Waals surface area contributed by atoms with Gasteiger partial charge in [-0.25, -0.2) is 0 Å². The van der Waals surface area contributed by atoms with Gasteiger partial charge in [-0.2, -0.15) is 0 Å². The summed E-state index contributed by atoms with van der Waals surface area (Å²) in [6, 6.07) is 7.78. The maximum absolute atomic E-state index is 9.62. The standard InChI is InChI=1S/C16H27NO3/c1-16(2,3)20-11-10-17(4)15(12-18)13-6-8-14(19-5)9-7-13/h6-9,15,18H,10-12H2,1-5H3. The molecule has 0 aliphatic carbocycles. The van der Waals surface area contributed by atoms with Crippen molar-refractivity contribution in [3.05, 3.63) is 29.8 Å². The summed E-state index contributed by atoms with van der Waals surface area (Å²) < 4.78 is 10.9. The Morgan fingerprint density at radius 1 is 1.20 bits per heavy atom. The van der Waals surface area contributed by atoms with Gasteiger partial charge < -0.3 is 14.6 Å². The van der Waals surface area contributed by atoms with Crippen molar-refractivity contribution in [3.8, 4) is 5.75 Å². The zero-order valence-electron chi connectivity index (χ0n) is 13.2. The van der Waals surface area contributed by atoms with Gasteiger partial charge in [0.05, 0.1) is 32.0 Å². The summed E-state index contributed by atoms with van der Waals surface area (Å²) in [4.78, 5) is 2.10. The highest BCUT2D eigenvalue weighted by Crippen LogP contribution is 2.21. The second-order valence-corrected chi connectivity index (χ2v) is 5.91. The Kier molecular flexibility index (Phi) is 6.46. The van der Waals surface area contributed by atoms with Gasteiger partial charge in [-0.15, -0.1) is 0 Å². The van der Waals surface area contributed by atoms with Crippen LogP contribution in [0.4, 0.5) is 0 Å². The molecule has 0 amide bonds. The highest BCUT2D eigenvalue weighted by molar-refractivity contribution is 5.29. The second-order valence-electron chi connectivity index (χ2n) is 5.91. The smallest absolute Gasteiger partial charge is 0.118 e. The van der Waals surface area contributed by atoms with Gasteiger partial charge in [0.15, 0.2) is 0 Å². The number of nitrogens with zero attached hydrogens (tertiary/aromatic N) is 1. The van der Waals surface area contributed by atoms with Crippen molar-refractivity contribution in [2.45, 2.75) is 32.4 Å². The number of ether oxygens (including phenoxy) is 2. The topological polar surface area (TPSA) is 41.9 Å². The van der Waals surface area contributed by atoms with Crippen LogP contribution < -0.4 is 4.74 Å². The van der Waals surface area contributed by atoms with Crippen molar-refractivity contribution in [1.82, 2.24) is 4.90 Å². The quantitative estimate of drug-likeness (QED) is 0.833. The van der Waals surface area contributed by atoms with Crippen LogP contribution in [0.5, 0.6) is 5.75 Å². The van der Waals surface area contributed by atoms with Crippen LogP contribution in [0.25, 0.3) is 0 Å². The summed E-state index contributed by atoms with van der Waals surface area (Å²) >= 11 is 0. The van der Waals surface area contributed by atoms with Gasteiger partial charge in [0, 0.05) is 6.54 Å². The van der Waals surface area contributed by atoms with E-state index < -0.39 is 0 Å². The normalized spacial score (nSPS) is 13.6. The maximum Gasteiger partial charge on any atom is 0.118 e. The van der Waals surface area contributed by atoms with Gasteiger partial charge in [-0.3, -0.25) is 4.90 Å². The lowest BCUT2D eigenvalue weighted by Gasteiger charge is -2.28. The number of benzene rings is 1. The lowest BCUT2D eigenvalue weighted by molar-refractivity contribution is -0.0171. The van der Waals surface area contributed by atoms with E-state index in [1.165, 1.54) is 0 Å². The fraction of sp³-hybridized carbons (Fsp3) is 0.625. The van der Waals surface area contributed by atoms with Crippen molar-refractivity contribution < 1.29 is 14.6 Å². The number of hydrogen-bond donors (Lipinski definition) is 1. The van der Waals surface area contributed by atoms with Crippen LogP contribution in [0.3, 0.4) is 0 Å². The van der Waals surface area contributed by atoms with Crippen LogP contribution in [0.15, 0.2) is 24.3 Å². The molecule has 114 valence electrons. The minimum Gasteiger partial charge on any atom is -0.497 e. The Morgan fingerprint density at radius 3 is 2.25 bits per heavy atom. The van der Waals surface area contributed by atoms with Crippen molar-refractivity contribution >= 4 is 0 Å². The van der Waals surface area contributed by atoms with Crippen molar-refractivity contribution in [2.24, 2.45) is 0 Å². The van der Waals surface area contributed by atoms with Gasteiger partial charge in [-0.1, -0.05) is 12.1 Å². The molecule has 1 aromatic rings. The molecule has 0 heterocycles. The molecule has 4 heteroatoms. The number of rotatable bonds is 7. The fourth-order valence-electron chi connectivity index (χ4n) is 1.98. The molecule has 0 spiro atoms. The Labute approximate surface area is 122 Å². The third-order valence-electron chi connectivity index (χ3n) is 3.18. The first-order chi connectivity index (χ1) is 9.37. The maximum atomic E-state index is 9.62. The van der Waals surface area contributed by atoms with Crippen LogP contribution in [-0.4, -0.2) is 49.5 Å². The van der Waals surface area contributed by atoms with Gasteiger partial charge in [0.1, 0.15) is 5.75 Å². The third kappa shape index (κ3) is 5.49. The second kappa shape index (κ2) is 7.62. The zero-order valence-corrected chi connectivity index (χ0v) is 13.2. The molecule has 0 aromatic heterocycles. The predicted molar refractivity (Wildman–Crippen MR) is 81.2 cm³/mol. The van der Waals surface area contributed by atoms with E-state index in [2.05, 4.69) is 4.90 Å². The molecule has 0 aliphatic heterocycles. The van der Waals surface area contributed by atoms with E-state index in [1.807, 2.05) is 52.1 Å². The Balaban J connectivity index is 2.59. The van der Waals surface area contributed by atoms with E-state index in [4.69, 9.17) is 9.47 Å². The van der Waals surface area contributed by atoms with Crippen LogP contribution in [0.2, 0.25) is 0 Å². The average Bonchev–Trinajstić information content (AvgIpc) is 2.39. The summed E-state index contributed by atoms with van der Waals surface area (Å²) in [6.45, 7) is 7.62. The number of aliphatic hydroxyl groups is 1. The molecule has 0 fully saturated rings. The van der Waals surface area contributed by atoms with E-state index >= 15 is 0 Å². The first-order valence-electron chi connectivity index (χ1n) is 6.96. The molecule has 0 saturated heterocycles. The van der Waals surface area contributed by atoms with Crippen LogP contribution in [0, 0.1) is 0 Å². The van der Waals surface area contributed by atoms with Crippen LogP contribution in [-0.2, 0) is 4.74 Å². The largest absolute Gasteiger partial charge is 0.497 e. The summed E-state index contributed by atoms with van der Waals surface area (Å²) in [6.07, 6.45) is 0. The minimum absolute atomic E-state index is 0.0236. The first-order valence-corrected chi connectivity index (χ1v) is 6.96. The first kappa shape index (κ1) is 17.0. The fourth-order valence-corrected chi connectivity index (χ4v) is 1.98. The summed E-state index contributed by atoms with van der Waals surface area (Å²) in [5.41, 5.74) is 0.946. The highest BCUT2D eigenvalue weighted by Gasteiger charge is 2.17. The van der Waals surface area contributed by atoms with Gasteiger partial charge in [-0.05, 0) is 45.5 Å². The number of aliphatic hydroxyl groups excluding tert-OH is 1. The van der Waals surface area contributed by atoms with E-state index in [0.717, 1.165) is 17.9 Å². The van der Waals surface area contributed by atoms with E-state index in [1.54, 1.807) is 7.11 Å². The molecule has 4 nitrogen and oxygen atoms in total. The number of hydrogen-bond acceptors (Lipinski definition) is 4. The van der Waals surface area contributed by atoms with Gasteiger partial charge in [0.2, 0.25) is 0 Å². The Morgan fingerprint density at radius 2 is 1.80 bits per heavy atom. The molecular formula is C16H27NO3. The third-order valence-corrected chi connectivity index (χ3v) is 3.18. The van der Waals surface area contributed by atoms with Crippen molar-refractivity contribution in [1.29, 1.82) is 0 Å². The molecule has 1 atom stereocenters. The SMILES string of the molecule is COc1ccc(C(CO)N(C)CCOC(C)(C)C)cc1. The lowest BCUT2D eigenvalue weighted by atomic mass is 10.1. The average molecular weight is 281 g/mol. The minimum atomic E-state index is -0.129. The van der Waals surface area contributed by atoms with Gasteiger partial charge in [0.25, 0.3) is 0 Å². The van der Waals surface area contributed by atoms with Crippen LogP contribution >= 0.6 is 0 Å². The molecule has 1 N–H and O–H groups in total. The molecule has 0 radical (unpaired) electrons. The molecule has 1 rings (SSSR count). The predicted octanol–water partition coefficient (Wildman–Crippen LogP) is 2.48. The van der Waals surface area contributed by atoms with E-state index in [-0.39, 0.29) is 18.2 Å². The Hall–Kier alpha value is -1.10. The zero-order chi connectivity index (χ0) is 15.2. The molecule has 0 saturated carbocycles. The molecule has 20 heavy (non-hydrogen) atoms. The molecule has 0 bridgehead atoms. The molecular weight excluding hydrogens is 254 g/mol. The summed E-state index contributed by atoms with van der Waals surface area (Å²) in [5.74, 6) is 0.823. The van der Waals surface area contributed by atoms with Crippen molar-refractivity contribution in [3.63, 3.8) is 0 Å². The number of likely N-dealkylation sites (N-methyl/N-ethyl adjacent to an activating group) is 1. The lowest BCUT2D eigenvalue weighted by Crippen LogP contribution is -2.32. The Bertz CT molecular complexity index is 384. The van der Waals surface area contributed by atoms with E-state index in [9.17, 15) is 5.11 Å². The van der Waals surface area contributed by atoms with Crippen molar-refractivity contribution in [2.75, 3.05) is 33.9 Å². The molecule has 0 aliphatic rings. The molecule has 1 unspecified atom stereocenters. The summed E-state index contributed by atoms with van der Waals surface area (Å²) in [5, 5.41) is 9.62. The van der Waals surface area contributed by atoms with Gasteiger partial charge >= 0.3 is 0 Å². The van der Waals surface area contributed by atoms with E-state index in [0.29, 0.717) is 6.61 Å². The van der Waals surface area contributed by atoms with Crippen LogP contribution in [0.1, 0.15) is 32.4 Å². The monoisotopic (exact) mass is 281 g/mol. The number of methoxy groups -OCH3 is 1.